The second kappa shape index (κ2) is 2.05. The van der Waals surface area contributed by atoms with Crippen LogP contribution in [0.4, 0.5) is 0 Å². The van der Waals surface area contributed by atoms with Gasteiger partial charge in [0.25, 0.3) is 0 Å². The van der Waals surface area contributed by atoms with E-state index in [9.17, 15) is 4.79 Å². The zero-order valence-electron chi connectivity index (χ0n) is 5.16. The van der Waals surface area contributed by atoms with E-state index in [-0.39, 0.29) is 5.91 Å². The molecule has 0 N–H and O–H groups in total. The van der Waals surface area contributed by atoms with Crippen LogP contribution in [0, 0.1) is 6.92 Å². The van der Waals surface area contributed by atoms with Crippen LogP contribution in [-0.2, 0) is 0 Å². The number of aromatic nitrogens is 1. The highest BCUT2D eigenvalue weighted by Crippen LogP contribution is 1.97. The lowest BCUT2D eigenvalue weighted by Gasteiger charge is -1.95. The number of hydrogen-bond acceptors (Lipinski definition) is 1. The first-order valence-corrected chi connectivity index (χ1v) is 2.65. The molecule has 0 fully saturated rings. The van der Waals surface area contributed by atoms with Gasteiger partial charge in [-0.25, -0.2) is 0 Å². The first kappa shape index (κ1) is 6.08. The third kappa shape index (κ3) is 1.02. The molecule has 0 saturated heterocycles. The highest BCUT2D eigenvalue weighted by Gasteiger charge is 1.96. The van der Waals surface area contributed by atoms with Gasteiger partial charge in [0.2, 0.25) is 5.91 Å². The average molecular weight is 121 g/mol. The van der Waals surface area contributed by atoms with Crippen LogP contribution in [0.2, 0.25) is 0 Å². The van der Waals surface area contributed by atoms with Gasteiger partial charge in [0.05, 0.1) is 0 Å². The van der Waals surface area contributed by atoms with Crippen molar-refractivity contribution in [1.29, 1.82) is 0 Å². The monoisotopic (exact) mass is 121 g/mol. The van der Waals surface area contributed by atoms with E-state index in [1.54, 1.807) is 18.3 Å². The Morgan fingerprint density at radius 3 is 2.67 bits per heavy atom. The molecule has 1 aromatic heterocycles. The molecule has 0 amide bonds. The number of rotatable bonds is 0. The molecule has 0 spiro atoms. The molecule has 46 valence electrons. The first-order valence-electron chi connectivity index (χ1n) is 2.65. The fourth-order valence-corrected chi connectivity index (χ4v) is 0.681. The van der Waals surface area contributed by atoms with Crippen LogP contribution in [0.1, 0.15) is 17.4 Å². The van der Waals surface area contributed by atoms with Crippen LogP contribution in [-0.4, -0.2) is 10.5 Å². The smallest absolute Gasteiger partial charge is 0.227 e. The SMILES string of the molecule is [CH]c1cccn1C(C)=O. The molecule has 0 aromatic carbocycles. The van der Waals surface area contributed by atoms with Crippen LogP contribution in [0.3, 0.4) is 0 Å². The van der Waals surface area contributed by atoms with E-state index in [4.69, 9.17) is 6.92 Å². The Morgan fingerprint density at radius 1 is 1.78 bits per heavy atom. The molecule has 0 atom stereocenters. The van der Waals surface area contributed by atoms with Crippen LogP contribution < -0.4 is 0 Å². The fourth-order valence-electron chi connectivity index (χ4n) is 0.681. The van der Waals surface area contributed by atoms with Gasteiger partial charge < -0.3 is 0 Å². The normalized spacial score (nSPS) is 9.56. The standard InChI is InChI=1S/C7H7NO/c1-6-4-3-5-8(6)7(2)9/h1,3-5H,2H3. The minimum absolute atomic E-state index is 0.0579. The van der Waals surface area contributed by atoms with Crippen molar-refractivity contribution in [3.05, 3.63) is 30.9 Å². The number of nitrogens with zero attached hydrogens (tertiary/aromatic N) is 1. The maximum Gasteiger partial charge on any atom is 0.227 e. The van der Waals surface area contributed by atoms with Gasteiger partial charge in [-0.2, -0.15) is 0 Å². The quantitative estimate of drug-likeness (QED) is 0.505. The lowest BCUT2D eigenvalue weighted by Crippen LogP contribution is -2.04. The maximum absolute atomic E-state index is 10.6. The Morgan fingerprint density at radius 2 is 2.44 bits per heavy atom. The van der Waals surface area contributed by atoms with E-state index < -0.39 is 0 Å². The van der Waals surface area contributed by atoms with Crippen molar-refractivity contribution in [3.8, 4) is 0 Å². The summed E-state index contributed by atoms with van der Waals surface area (Å²) in [6, 6.07) is 3.41. The molecule has 1 rings (SSSR count). The molecule has 2 radical (unpaired) electrons. The van der Waals surface area contributed by atoms with E-state index in [2.05, 4.69) is 0 Å². The molecule has 1 aromatic rings. The molecule has 0 aliphatic carbocycles. The largest absolute Gasteiger partial charge is 0.292 e. The summed E-state index contributed by atoms with van der Waals surface area (Å²) in [6.45, 7) is 6.85. The van der Waals surface area contributed by atoms with Gasteiger partial charge in [-0.15, -0.1) is 0 Å². The Labute approximate surface area is 54.1 Å². The van der Waals surface area contributed by atoms with E-state index in [1.165, 1.54) is 11.5 Å². The Balaban J connectivity index is 3.08. The van der Waals surface area contributed by atoms with E-state index >= 15 is 0 Å². The molecule has 0 unspecified atom stereocenters. The van der Waals surface area contributed by atoms with Gasteiger partial charge in [0.15, 0.2) is 0 Å². The lowest BCUT2D eigenvalue weighted by atomic mass is 10.5. The molecule has 0 aliphatic heterocycles. The topological polar surface area (TPSA) is 22.0 Å². The Kier molecular flexibility index (Phi) is 1.39. The molecule has 2 nitrogen and oxygen atoms in total. The molecular formula is C7H7NO. The minimum Gasteiger partial charge on any atom is -0.292 e. The van der Waals surface area contributed by atoms with Crippen LogP contribution in [0.25, 0.3) is 0 Å². The molecule has 9 heavy (non-hydrogen) atoms. The highest BCUT2D eigenvalue weighted by atomic mass is 16.1. The van der Waals surface area contributed by atoms with Gasteiger partial charge in [-0.05, 0) is 12.1 Å². The van der Waals surface area contributed by atoms with Gasteiger partial charge in [0, 0.05) is 25.7 Å². The number of carbonyl (C=O) groups is 1. The van der Waals surface area contributed by atoms with Crippen molar-refractivity contribution >= 4 is 5.91 Å². The summed E-state index contributed by atoms with van der Waals surface area (Å²) in [5.41, 5.74) is 0.488. The van der Waals surface area contributed by atoms with Crippen molar-refractivity contribution < 1.29 is 4.79 Å². The minimum atomic E-state index is -0.0579. The molecule has 1 heterocycles. The van der Waals surface area contributed by atoms with Crippen molar-refractivity contribution in [2.24, 2.45) is 0 Å². The number of carbonyl (C=O) groups excluding carboxylic acids is 1. The average Bonchev–Trinajstić information content (AvgIpc) is 2.13. The van der Waals surface area contributed by atoms with Crippen LogP contribution in [0.15, 0.2) is 18.3 Å². The third-order valence-electron chi connectivity index (χ3n) is 1.12. The van der Waals surface area contributed by atoms with E-state index in [1.807, 2.05) is 0 Å². The zero-order chi connectivity index (χ0) is 6.85. The van der Waals surface area contributed by atoms with Crippen molar-refractivity contribution in [1.82, 2.24) is 4.57 Å². The van der Waals surface area contributed by atoms with Gasteiger partial charge in [0.1, 0.15) is 0 Å². The predicted molar refractivity (Wildman–Crippen MR) is 34.1 cm³/mol. The summed E-state index contributed by atoms with van der Waals surface area (Å²) >= 11 is 0. The summed E-state index contributed by atoms with van der Waals surface area (Å²) in [7, 11) is 0. The highest BCUT2D eigenvalue weighted by molar-refractivity contribution is 5.77. The molecule has 0 bridgehead atoms. The van der Waals surface area contributed by atoms with Crippen LogP contribution in [0.5, 0.6) is 0 Å². The summed E-state index contributed by atoms with van der Waals surface area (Å²) < 4.78 is 1.39. The lowest BCUT2D eigenvalue weighted by molar-refractivity contribution is 0.0936. The van der Waals surface area contributed by atoms with Gasteiger partial charge in [-0.3, -0.25) is 9.36 Å². The van der Waals surface area contributed by atoms with E-state index in [0.717, 1.165) is 0 Å². The summed E-state index contributed by atoms with van der Waals surface area (Å²) in [6.07, 6.45) is 1.64. The molecule has 0 aliphatic rings. The first-order chi connectivity index (χ1) is 4.22. The maximum atomic E-state index is 10.6. The van der Waals surface area contributed by atoms with Crippen molar-refractivity contribution in [2.45, 2.75) is 6.92 Å². The summed E-state index contributed by atoms with van der Waals surface area (Å²) in [4.78, 5) is 10.6. The Hall–Kier alpha value is -1.05. The predicted octanol–water partition coefficient (Wildman–Crippen LogP) is 1.21. The zero-order valence-corrected chi connectivity index (χ0v) is 5.16. The Bertz CT molecular complexity index is 225. The summed E-state index contributed by atoms with van der Waals surface area (Å²) in [5.74, 6) is -0.0579. The fraction of sp³-hybridized carbons (Fsp3) is 0.143. The van der Waals surface area contributed by atoms with E-state index in [0.29, 0.717) is 5.69 Å². The van der Waals surface area contributed by atoms with Crippen LogP contribution >= 0.6 is 0 Å². The third-order valence-corrected chi connectivity index (χ3v) is 1.12. The molecule has 0 saturated carbocycles. The van der Waals surface area contributed by atoms with Crippen molar-refractivity contribution in [3.63, 3.8) is 0 Å². The van der Waals surface area contributed by atoms with Crippen molar-refractivity contribution in [2.75, 3.05) is 0 Å². The molecule has 2 heteroatoms. The number of hydrogen-bond donors (Lipinski definition) is 0. The van der Waals surface area contributed by atoms with Gasteiger partial charge in [-0.1, -0.05) is 0 Å². The summed E-state index contributed by atoms with van der Waals surface area (Å²) in [5, 5.41) is 0. The second-order valence-electron chi connectivity index (χ2n) is 1.82. The molecular weight excluding hydrogens is 114 g/mol. The second-order valence-corrected chi connectivity index (χ2v) is 1.82. The van der Waals surface area contributed by atoms with Gasteiger partial charge >= 0.3 is 0 Å².